The molecule has 8 heteroatoms. The van der Waals surface area contributed by atoms with Gasteiger partial charge in [0, 0.05) is 12.0 Å². The average Bonchev–Trinajstić information content (AvgIpc) is 3.30. The Labute approximate surface area is 181 Å². The minimum Gasteiger partial charge on any atom is -0.443 e. The maximum absolute atomic E-state index is 13.6. The third kappa shape index (κ3) is 3.45. The number of oxazole rings is 1. The number of anilines is 1. The average molecular weight is 430 g/mol. The lowest BCUT2D eigenvalue weighted by Gasteiger charge is -2.18. The fourth-order valence-corrected chi connectivity index (χ4v) is 3.74. The SMILES string of the molecule is Nc1cccc(-n2c(-c3ncco3)c(Cc3ccccc3)c(=O)c3ccc(Cl)nc32)n1. The monoisotopic (exact) mass is 429 g/mol. The summed E-state index contributed by atoms with van der Waals surface area (Å²) in [5, 5.41) is 0.661. The minimum absolute atomic E-state index is 0.170. The molecule has 4 aromatic heterocycles. The van der Waals surface area contributed by atoms with Gasteiger partial charge in [-0.1, -0.05) is 48.0 Å². The molecule has 0 atom stereocenters. The first-order valence-corrected chi connectivity index (χ1v) is 9.90. The first-order valence-electron chi connectivity index (χ1n) is 9.52. The van der Waals surface area contributed by atoms with E-state index in [0.29, 0.717) is 40.3 Å². The van der Waals surface area contributed by atoms with Crippen LogP contribution in [0.2, 0.25) is 5.15 Å². The lowest BCUT2D eigenvalue weighted by Crippen LogP contribution is -2.20. The van der Waals surface area contributed by atoms with E-state index < -0.39 is 0 Å². The van der Waals surface area contributed by atoms with Crippen LogP contribution in [0.4, 0.5) is 5.82 Å². The Kier molecular flexibility index (Phi) is 4.72. The molecule has 5 rings (SSSR count). The van der Waals surface area contributed by atoms with Crippen LogP contribution in [0.5, 0.6) is 0 Å². The summed E-state index contributed by atoms with van der Waals surface area (Å²) in [6.07, 6.45) is 3.36. The zero-order chi connectivity index (χ0) is 21.4. The molecule has 0 bridgehead atoms. The number of hydrogen-bond donors (Lipinski definition) is 1. The molecule has 7 nitrogen and oxygen atoms in total. The Balaban J connectivity index is 1.94. The topological polar surface area (TPSA) is 99.8 Å². The summed E-state index contributed by atoms with van der Waals surface area (Å²) in [6, 6.07) is 18.2. The van der Waals surface area contributed by atoms with Gasteiger partial charge in [-0.2, -0.15) is 0 Å². The number of pyridine rings is 3. The van der Waals surface area contributed by atoms with Gasteiger partial charge in [-0.3, -0.25) is 9.36 Å². The number of benzene rings is 1. The zero-order valence-electron chi connectivity index (χ0n) is 16.2. The fourth-order valence-electron chi connectivity index (χ4n) is 3.60. The van der Waals surface area contributed by atoms with E-state index in [9.17, 15) is 4.79 Å². The van der Waals surface area contributed by atoms with Crippen molar-refractivity contribution >= 4 is 28.5 Å². The van der Waals surface area contributed by atoms with Crippen LogP contribution in [0, 0.1) is 0 Å². The summed E-state index contributed by atoms with van der Waals surface area (Å²) >= 11 is 6.20. The van der Waals surface area contributed by atoms with Crippen molar-refractivity contribution in [3.05, 3.63) is 99.6 Å². The Morgan fingerprint density at radius 1 is 1.00 bits per heavy atom. The van der Waals surface area contributed by atoms with Crippen molar-refractivity contribution in [3.63, 3.8) is 0 Å². The molecule has 4 heterocycles. The summed E-state index contributed by atoms with van der Waals surface area (Å²) in [6.45, 7) is 0. The summed E-state index contributed by atoms with van der Waals surface area (Å²) in [7, 11) is 0. The van der Waals surface area contributed by atoms with Crippen molar-refractivity contribution in [2.24, 2.45) is 0 Å². The molecule has 0 spiro atoms. The summed E-state index contributed by atoms with van der Waals surface area (Å²) in [4.78, 5) is 26.8. The van der Waals surface area contributed by atoms with Crippen molar-refractivity contribution in [1.29, 1.82) is 0 Å². The van der Waals surface area contributed by atoms with Crippen molar-refractivity contribution in [3.8, 4) is 17.4 Å². The van der Waals surface area contributed by atoms with E-state index in [1.54, 1.807) is 34.9 Å². The standard InChI is InChI=1S/C23H16ClN5O2/c24-17-10-9-15-21(30)16(13-14-5-2-1-3-6-14)20(23-26-11-12-31-23)29(22(15)27-17)19-8-4-7-18(25)28-19/h1-12H,13H2,(H2,25,28). The molecule has 2 N–H and O–H groups in total. The van der Waals surface area contributed by atoms with Crippen LogP contribution < -0.4 is 11.2 Å². The Hall–Kier alpha value is -3.97. The molecule has 0 aliphatic heterocycles. The number of rotatable bonds is 4. The van der Waals surface area contributed by atoms with E-state index in [4.69, 9.17) is 21.8 Å². The third-order valence-electron chi connectivity index (χ3n) is 4.92. The quantitative estimate of drug-likeness (QED) is 0.428. The van der Waals surface area contributed by atoms with Gasteiger partial charge in [0.15, 0.2) is 11.1 Å². The van der Waals surface area contributed by atoms with Crippen LogP contribution in [0.1, 0.15) is 11.1 Å². The fraction of sp³-hybridized carbons (Fsp3) is 0.0435. The minimum atomic E-state index is -0.170. The van der Waals surface area contributed by atoms with E-state index in [2.05, 4.69) is 15.0 Å². The van der Waals surface area contributed by atoms with Crippen LogP contribution in [-0.4, -0.2) is 19.5 Å². The molecule has 0 unspecified atom stereocenters. The summed E-state index contributed by atoms with van der Waals surface area (Å²) in [5.41, 5.74) is 8.08. The first-order chi connectivity index (χ1) is 15.1. The number of aromatic nitrogens is 4. The van der Waals surface area contributed by atoms with Gasteiger partial charge in [-0.05, 0) is 29.8 Å². The Morgan fingerprint density at radius 3 is 2.58 bits per heavy atom. The number of nitrogen functional groups attached to an aromatic ring is 1. The number of nitrogens with zero attached hydrogens (tertiary/aromatic N) is 4. The van der Waals surface area contributed by atoms with Gasteiger partial charge >= 0.3 is 0 Å². The van der Waals surface area contributed by atoms with Gasteiger partial charge in [-0.25, -0.2) is 15.0 Å². The molecule has 152 valence electrons. The number of fused-ring (bicyclic) bond motifs is 1. The van der Waals surface area contributed by atoms with Crippen LogP contribution >= 0.6 is 11.6 Å². The Bertz CT molecular complexity index is 1450. The predicted octanol–water partition coefficient (Wildman–Crippen LogP) is 4.26. The van der Waals surface area contributed by atoms with Crippen LogP contribution in [0.25, 0.3) is 28.4 Å². The largest absolute Gasteiger partial charge is 0.443 e. The van der Waals surface area contributed by atoms with Crippen molar-refractivity contribution in [2.75, 3.05) is 5.73 Å². The number of nitrogens with two attached hydrogens (primary N) is 1. The van der Waals surface area contributed by atoms with E-state index in [0.717, 1.165) is 5.56 Å². The van der Waals surface area contributed by atoms with Crippen molar-refractivity contribution in [2.45, 2.75) is 6.42 Å². The van der Waals surface area contributed by atoms with Gasteiger partial charge in [-0.15, -0.1) is 0 Å². The molecular formula is C23H16ClN5O2. The Morgan fingerprint density at radius 2 is 1.84 bits per heavy atom. The second kappa shape index (κ2) is 7.70. The highest BCUT2D eigenvalue weighted by molar-refractivity contribution is 6.29. The normalized spacial score (nSPS) is 11.1. The molecule has 0 saturated heterocycles. The summed E-state index contributed by atoms with van der Waals surface area (Å²) < 4.78 is 7.36. The molecule has 0 amide bonds. The molecule has 0 fully saturated rings. The number of halogens is 1. The number of hydrogen-bond acceptors (Lipinski definition) is 6. The van der Waals surface area contributed by atoms with Gasteiger partial charge in [0.1, 0.15) is 28.7 Å². The highest BCUT2D eigenvalue weighted by atomic mass is 35.5. The van der Waals surface area contributed by atoms with E-state index in [1.165, 1.54) is 12.5 Å². The smallest absolute Gasteiger partial charge is 0.243 e. The lowest BCUT2D eigenvalue weighted by atomic mass is 10.0. The second-order valence-electron chi connectivity index (χ2n) is 6.92. The molecule has 0 saturated carbocycles. The van der Waals surface area contributed by atoms with Crippen molar-refractivity contribution in [1.82, 2.24) is 19.5 Å². The van der Waals surface area contributed by atoms with Crippen LogP contribution in [0.15, 0.2) is 82.3 Å². The van der Waals surface area contributed by atoms with Gasteiger partial charge in [0.05, 0.1) is 11.6 Å². The van der Waals surface area contributed by atoms with E-state index in [1.807, 2.05) is 30.3 Å². The molecule has 0 aliphatic rings. The predicted molar refractivity (Wildman–Crippen MR) is 119 cm³/mol. The third-order valence-corrected chi connectivity index (χ3v) is 5.14. The van der Waals surface area contributed by atoms with Crippen molar-refractivity contribution < 1.29 is 4.42 Å². The maximum atomic E-state index is 13.6. The van der Waals surface area contributed by atoms with Gasteiger partial charge in [0.2, 0.25) is 5.89 Å². The van der Waals surface area contributed by atoms with Gasteiger partial charge < -0.3 is 10.2 Å². The molecule has 0 radical (unpaired) electrons. The molecule has 0 aliphatic carbocycles. The second-order valence-corrected chi connectivity index (χ2v) is 7.30. The van der Waals surface area contributed by atoms with E-state index in [-0.39, 0.29) is 16.5 Å². The summed E-state index contributed by atoms with van der Waals surface area (Å²) in [5.74, 6) is 1.08. The first kappa shape index (κ1) is 19.0. The lowest BCUT2D eigenvalue weighted by molar-refractivity contribution is 0.569. The maximum Gasteiger partial charge on any atom is 0.243 e. The molecule has 1 aromatic carbocycles. The van der Waals surface area contributed by atoms with E-state index >= 15 is 0 Å². The zero-order valence-corrected chi connectivity index (χ0v) is 17.0. The van der Waals surface area contributed by atoms with Gasteiger partial charge in [0.25, 0.3) is 0 Å². The molecular weight excluding hydrogens is 414 g/mol. The highest BCUT2D eigenvalue weighted by Crippen LogP contribution is 2.30. The highest BCUT2D eigenvalue weighted by Gasteiger charge is 2.24. The van der Waals surface area contributed by atoms with Crippen LogP contribution in [0.3, 0.4) is 0 Å². The molecule has 31 heavy (non-hydrogen) atoms. The molecule has 5 aromatic rings. The van der Waals surface area contributed by atoms with Crippen LogP contribution in [-0.2, 0) is 6.42 Å².